The third-order valence-corrected chi connectivity index (χ3v) is 3.06. The van der Waals surface area contributed by atoms with Gasteiger partial charge in [0, 0.05) is 6.42 Å². The number of hydrazine groups is 1. The summed E-state index contributed by atoms with van der Waals surface area (Å²) in [7, 11) is 0. The molecular formula is C14H21ClN2O2. The molecule has 0 saturated carbocycles. The van der Waals surface area contributed by atoms with Crippen LogP contribution in [0.5, 0.6) is 5.75 Å². The summed E-state index contributed by atoms with van der Waals surface area (Å²) in [4.78, 5) is 10.9. The summed E-state index contributed by atoms with van der Waals surface area (Å²) in [6.07, 6.45) is 0.939. The maximum atomic E-state index is 10.9. The minimum absolute atomic E-state index is 0.0569. The van der Waals surface area contributed by atoms with Gasteiger partial charge in [-0.05, 0) is 29.5 Å². The molecule has 4 nitrogen and oxygen atoms in total. The Bertz CT molecular complexity index is 442. The first-order valence-electron chi connectivity index (χ1n) is 6.27. The normalized spacial score (nSPS) is 11.2. The van der Waals surface area contributed by atoms with Crippen LogP contribution in [-0.2, 0) is 10.2 Å². The highest BCUT2D eigenvalue weighted by Gasteiger charge is 2.15. The summed E-state index contributed by atoms with van der Waals surface area (Å²) in [5, 5.41) is 0.593. The fraction of sp³-hybridized carbons (Fsp3) is 0.500. The van der Waals surface area contributed by atoms with E-state index >= 15 is 0 Å². The maximum Gasteiger partial charge on any atom is 0.234 e. The molecule has 5 heteroatoms. The first-order valence-corrected chi connectivity index (χ1v) is 6.64. The molecule has 1 aromatic carbocycles. The van der Waals surface area contributed by atoms with Gasteiger partial charge in [-0.2, -0.15) is 0 Å². The zero-order valence-electron chi connectivity index (χ0n) is 11.6. The van der Waals surface area contributed by atoms with Gasteiger partial charge in [0.25, 0.3) is 0 Å². The molecule has 3 N–H and O–H groups in total. The first kappa shape index (κ1) is 15.8. The number of amides is 1. The van der Waals surface area contributed by atoms with Crippen LogP contribution in [0.1, 0.15) is 39.2 Å². The third-order valence-electron chi connectivity index (χ3n) is 2.76. The van der Waals surface area contributed by atoms with Gasteiger partial charge < -0.3 is 4.74 Å². The molecule has 0 spiro atoms. The average Bonchev–Trinajstić information content (AvgIpc) is 2.34. The SMILES string of the molecule is CC(C)(C)c1ccc(OCCCC(=O)NN)c(Cl)c1. The molecule has 0 aliphatic heterocycles. The second-order valence-electron chi connectivity index (χ2n) is 5.41. The van der Waals surface area contributed by atoms with E-state index in [0.717, 1.165) is 5.56 Å². The molecule has 0 heterocycles. The van der Waals surface area contributed by atoms with Crippen molar-refractivity contribution in [1.29, 1.82) is 0 Å². The lowest BCUT2D eigenvalue weighted by molar-refractivity contribution is -0.121. The third kappa shape index (κ3) is 5.09. The van der Waals surface area contributed by atoms with Gasteiger partial charge in [0.2, 0.25) is 5.91 Å². The average molecular weight is 285 g/mol. The Kier molecular flexibility index (Phi) is 5.63. The highest BCUT2D eigenvalue weighted by molar-refractivity contribution is 6.32. The van der Waals surface area contributed by atoms with Crippen molar-refractivity contribution in [2.75, 3.05) is 6.61 Å². The number of ether oxygens (including phenoxy) is 1. The lowest BCUT2D eigenvalue weighted by atomic mass is 9.87. The molecule has 0 saturated heterocycles. The van der Waals surface area contributed by atoms with Crippen molar-refractivity contribution >= 4 is 17.5 Å². The monoisotopic (exact) mass is 284 g/mol. The molecule has 0 radical (unpaired) electrons. The van der Waals surface area contributed by atoms with Crippen LogP contribution >= 0.6 is 11.6 Å². The van der Waals surface area contributed by atoms with Crippen LogP contribution in [0, 0.1) is 0 Å². The predicted octanol–water partition coefficient (Wildman–Crippen LogP) is 2.79. The van der Waals surface area contributed by atoms with Gasteiger partial charge in [0.15, 0.2) is 0 Å². The largest absolute Gasteiger partial charge is 0.492 e. The number of halogens is 1. The zero-order chi connectivity index (χ0) is 14.5. The Morgan fingerprint density at radius 2 is 2.11 bits per heavy atom. The van der Waals surface area contributed by atoms with Crippen molar-refractivity contribution in [1.82, 2.24) is 5.43 Å². The van der Waals surface area contributed by atoms with Crippen LogP contribution in [0.4, 0.5) is 0 Å². The number of benzene rings is 1. The summed E-state index contributed by atoms with van der Waals surface area (Å²) in [5.41, 5.74) is 3.30. The fourth-order valence-electron chi connectivity index (χ4n) is 1.57. The molecule has 0 fully saturated rings. The molecule has 0 aliphatic rings. The minimum Gasteiger partial charge on any atom is -0.492 e. The molecule has 0 aromatic heterocycles. The number of nitrogens with one attached hydrogen (secondary N) is 1. The number of hydrogen-bond acceptors (Lipinski definition) is 3. The van der Waals surface area contributed by atoms with Gasteiger partial charge in [0.05, 0.1) is 11.6 Å². The first-order chi connectivity index (χ1) is 8.84. The van der Waals surface area contributed by atoms with E-state index < -0.39 is 0 Å². The molecule has 0 aliphatic carbocycles. The van der Waals surface area contributed by atoms with Crippen LogP contribution in [0.15, 0.2) is 18.2 Å². The van der Waals surface area contributed by atoms with Crippen molar-refractivity contribution in [3.63, 3.8) is 0 Å². The summed E-state index contributed by atoms with van der Waals surface area (Å²) < 4.78 is 5.55. The van der Waals surface area contributed by atoms with Crippen molar-refractivity contribution in [3.8, 4) is 5.75 Å². The number of nitrogens with two attached hydrogens (primary N) is 1. The Hall–Kier alpha value is -1.26. The van der Waals surface area contributed by atoms with Crippen LogP contribution in [0.3, 0.4) is 0 Å². The van der Waals surface area contributed by atoms with E-state index in [0.29, 0.717) is 30.2 Å². The number of carbonyl (C=O) groups excluding carboxylic acids is 1. The summed E-state index contributed by atoms with van der Waals surface area (Å²) >= 11 is 6.18. The molecule has 0 bridgehead atoms. The predicted molar refractivity (Wildman–Crippen MR) is 77.2 cm³/mol. The summed E-state index contributed by atoms with van der Waals surface area (Å²) in [6, 6.07) is 5.79. The van der Waals surface area contributed by atoms with Crippen molar-refractivity contribution in [2.45, 2.75) is 39.0 Å². The fourth-order valence-corrected chi connectivity index (χ4v) is 1.81. The van der Waals surface area contributed by atoms with Crippen LogP contribution in [-0.4, -0.2) is 12.5 Å². The van der Waals surface area contributed by atoms with Gasteiger partial charge in [-0.15, -0.1) is 0 Å². The van der Waals surface area contributed by atoms with Gasteiger partial charge in [0.1, 0.15) is 5.75 Å². The van der Waals surface area contributed by atoms with Crippen molar-refractivity contribution < 1.29 is 9.53 Å². The molecule has 1 amide bonds. The Morgan fingerprint density at radius 3 is 2.63 bits per heavy atom. The quantitative estimate of drug-likeness (QED) is 0.378. The van der Waals surface area contributed by atoms with Gasteiger partial charge in [-0.3, -0.25) is 10.2 Å². The molecule has 0 atom stereocenters. The Morgan fingerprint density at radius 1 is 1.42 bits per heavy atom. The second kappa shape index (κ2) is 6.78. The lowest BCUT2D eigenvalue weighted by Crippen LogP contribution is -2.29. The minimum atomic E-state index is -0.197. The van der Waals surface area contributed by atoms with Crippen molar-refractivity contribution in [3.05, 3.63) is 28.8 Å². The Balaban J connectivity index is 2.54. The number of hydrogen-bond donors (Lipinski definition) is 2. The highest BCUT2D eigenvalue weighted by Crippen LogP contribution is 2.31. The lowest BCUT2D eigenvalue weighted by Gasteiger charge is -2.20. The van der Waals surface area contributed by atoms with E-state index in [1.54, 1.807) is 0 Å². The standard InChI is InChI=1S/C14H21ClN2O2/c1-14(2,3)10-6-7-12(11(15)9-10)19-8-4-5-13(18)17-16/h6-7,9H,4-5,8,16H2,1-3H3,(H,17,18). The summed E-state index contributed by atoms with van der Waals surface area (Å²) in [6.45, 7) is 6.82. The topological polar surface area (TPSA) is 64.3 Å². The smallest absolute Gasteiger partial charge is 0.234 e. The van der Waals surface area contributed by atoms with Gasteiger partial charge in [-0.25, -0.2) is 5.84 Å². The molecular weight excluding hydrogens is 264 g/mol. The van der Waals surface area contributed by atoms with Crippen molar-refractivity contribution in [2.24, 2.45) is 5.84 Å². The molecule has 19 heavy (non-hydrogen) atoms. The van der Waals surface area contributed by atoms with E-state index in [1.807, 2.05) is 18.2 Å². The zero-order valence-corrected chi connectivity index (χ0v) is 12.4. The molecule has 1 rings (SSSR count). The van der Waals surface area contributed by atoms with Gasteiger partial charge >= 0.3 is 0 Å². The molecule has 106 valence electrons. The van der Waals surface area contributed by atoms with Crippen LogP contribution in [0.2, 0.25) is 5.02 Å². The van der Waals surface area contributed by atoms with E-state index in [1.165, 1.54) is 0 Å². The van der Waals surface area contributed by atoms with E-state index in [4.69, 9.17) is 22.2 Å². The van der Waals surface area contributed by atoms with E-state index in [-0.39, 0.29) is 11.3 Å². The highest BCUT2D eigenvalue weighted by atomic mass is 35.5. The van der Waals surface area contributed by atoms with Crippen LogP contribution < -0.4 is 16.0 Å². The molecule has 0 unspecified atom stereocenters. The summed E-state index contributed by atoms with van der Waals surface area (Å²) in [5.74, 6) is 5.43. The van der Waals surface area contributed by atoms with Gasteiger partial charge in [-0.1, -0.05) is 38.4 Å². The Labute approximate surface area is 119 Å². The molecule has 1 aromatic rings. The van der Waals surface area contributed by atoms with Crippen LogP contribution in [0.25, 0.3) is 0 Å². The van der Waals surface area contributed by atoms with E-state index in [2.05, 4.69) is 26.2 Å². The van der Waals surface area contributed by atoms with E-state index in [9.17, 15) is 4.79 Å². The number of rotatable bonds is 5. The number of carbonyl (C=O) groups is 1. The maximum absolute atomic E-state index is 10.9. The second-order valence-corrected chi connectivity index (χ2v) is 5.82.